The van der Waals surface area contributed by atoms with E-state index in [-0.39, 0.29) is 42.5 Å². The first kappa shape index (κ1) is 21.5. The second-order valence-electron chi connectivity index (χ2n) is 6.96. The van der Waals surface area contributed by atoms with Crippen LogP contribution in [0.4, 0.5) is 8.78 Å². The van der Waals surface area contributed by atoms with E-state index in [1.54, 1.807) is 27.7 Å². The van der Waals surface area contributed by atoms with Crippen molar-refractivity contribution < 1.29 is 27.9 Å². The van der Waals surface area contributed by atoms with E-state index in [1.165, 1.54) is 4.90 Å². The molecule has 0 saturated heterocycles. The van der Waals surface area contributed by atoms with Crippen LogP contribution in [0, 0.1) is 11.6 Å². The standard InChI is InChI=1S/C17H21F2NO3.CH3NO/c1-10(5-6-15(21)23-17(2,3)4)20-9-13-12(16(20)22)7-11(18)8-14(13)19;2-1-3/h7-8,10H,5-6,9H2,1-4H3;1H,(H2,2,3). The molecule has 0 aromatic heterocycles. The molecule has 0 aliphatic carbocycles. The number of hydrogen-bond acceptors (Lipinski definition) is 4. The summed E-state index contributed by atoms with van der Waals surface area (Å²) in [5.74, 6) is -2.23. The van der Waals surface area contributed by atoms with E-state index in [4.69, 9.17) is 9.53 Å². The number of rotatable bonds is 4. The van der Waals surface area contributed by atoms with Gasteiger partial charge in [-0.2, -0.15) is 0 Å². The molecule has 144 valence electrons. The van der Waals surface area contributed by atoms with Crippen molar-refractivity contribution in [3.63, 3.8) is 0 Å². The maximum atomic E-state index is 13.8. The van der Waals surface area contributed by atoms with Gasteiger partial charge < -0.3 is 15.4 Å². The van der Waals surface area contributed by atoms with Gasteiger partial charge in [0, 0.05) is 30.6 Å². The lowest BCUT2D eigenvalue weighted by atomic mass is 10.1. The van der Waals surface area contributed by atoms with E-state index < -0.39 is 23.1 Å². The molecule has 8 heteroatoms. The van der Waals surface area contributed by atoms with Crippen molar-refractivity contribution in [1.82, 2.24) is 4.90 Å². The highest BCUT2D eigenvalue weighted by Gasteiger charge is 2.33. The normalized spacial score (nSPS) is 14.2. The van der Waals surface area contributed by atoms with Crippen molar-refractivity contribution in [2.75, 3.05) is 0 Å². The van der Waals surface area contributed by atoms with Gasteiger partial charge in [-0.15, -0.1) is 0 Å². The molecule has 1 unspecified atom stereocenters. The van der Waals surface area contributed by atoms with Crippen LogP contribution in [0.5, 0.6) is 0 Å². The number of carbonyl (C=O) groups excluding carboxylic acids is 3. The maximum Gasteiger partial charge on any atom is 0.306 e. The lowest BCUT2D eigenvalue weighted by Crippen LogP contribution is -2.34. The van der Waals surface area contributed by atoms with Gasteiger partial charge in [0.25, 0.3) is 5.91 Å². The van der Waals surface area contributed by atoms with Gasteiger partial charge in [-0.3, -0.25) is 14.4 Å². The molecule has 1 aliphatic heterocycles. The van der Waals surface area contributed by atoms with Crippen LogP contribution >= 0.6 is 0 Å². The fourth-order valence-corrected chi connectivity index (χ4v) is 2.58. The summed E-state index contributed by atoms with van der Waals surface area (Å²) in [6.45, 7) is 7.23. The van der Waals surface area contributed by atoms with Crippen LogP contribution in [0.1, 0.15) is 56.5 Å². The summed E-state index contributed by atoms with van der Waals surface area (Å²) in [5.41, 5.74) is 3.88. The van der Waals surface area contributed by atoms with Crippen molar-refractivity contribution in [2.45, 2.75) is 58.7 Å². The molecule has 1 atom stereocenters. The van der Waals surface area contributed by atoms with E-state index in [0.29, 0.717) is 6.42 Å². The van der Waals surface area contributed by atoms with E-state index >= 15 is 0 Å². The first-order chi connectivity index (χ1) is 12.0. The number of nitrogens with two attached hydrogens (primary N) is 1. The molecule has 2 amide bonds. The topological polar surface area (TPSA) is 89.7 Å². The van der Waals surface area contributed by atoms with Crippen molar-refractivity contribution in [2.24, 2.45) is 5.73 Å². The number of amides is 2. The Bertz CT molecular complexity index is 687. The third kappa shape index (κ3) is 5.79. The summed E-state index contributed by atoms with van der Waals surface area (Å²) < 4.78 is 32.3. The average molecular weight is 370 g/mol. The average Bonchev–Trinajstić information content (AvgIpc) is 2.82. The Morgan fingerprint density at radius 3 is 2.50 bits per heavy atom. The second-order valence-corrected chi connectivity index (χ2v) is 6.96. The van der Waals surface area contributed by atoms with Gasteiger partial charge in [0.05, 0.1) is 5.56 Å². The number of ether oxygens (including phenoxy) is 1. The highest BCUT2D eigenvalue weighted by atomic mass is 19.1. The number of benzene rings is 1. The Balaban J connectivity index is 0.00000105. The fourth-order valence-electron chi connectivity index (χ4n) is 2.58. The number of nitrogens with zero attached hydrogens (tertiary/aromatic N) is 1. The van der Waals surface area contributed by atoms with E-state index in [1.807, 2.05) is 0 Å². The molecule has 0 bridgehead atoms. The smallest absolute Gasteiger partial charge is 0.306 e. The Morgan fingerprint density at radius 1 is 1.38 bits per heavy atom. The number of halogens is 2. The zero-order valence-electron chi connectivity index (χ0n) is 15.3. The van der Waals surface area contributed by atoms with Crippen molar-refractivity contribution in [3.8, 4) is 0 Å². The quantitative estimate of drug-likeness (QED) is 0.651. The maximum absolute atomic E-state index is 13.8. The minimum absolute atomic E-state index is 0.0617. The van der Waals surface area contributed by atoms with E-state index in [9.17, 15) is 18.4 Å². The SMILES string of the molecule is CC(CCC(=O)OC(C)(C)C)N1Cc2c(F)cc(F)cc2C1=O.NC=O. The molecule has 1 heterocycles. The molecule has 26 heavy (non-hydrogen) atoms. The first-order valence-electron chi connectivity index (χ1n) is 8.16. The zero-order chi connectivity index (χ0) is 20.1. The number of hydrogen-bond donors (Lipinski definition) is 1. The Labute approximate surface area is 151 Å². The van der Waals surface area contributed by atoms with Gasteiger partial charge in [-0.25, -0.2) is 8.78 Å². The molecule has 1 aromatic carbocycles. The van der Waals surface area contributed by atoms with Crippen LogP contribution in [-0.4, -0.2) is 34.8 Å². The second kappa shape index (κ2) is 8.73. The molecule has 1 aliphatic rings. The van der Waals surface area contributed by atoms with Crippen LogP contribution < -0.4 is 5.73 Å². The largest absolute Gasteiger partial charge is 0.460 e. The number of fused-ring (bicyclic) bond motifs is 1. The lowest BCUT2D eigenvalue weighted by Gasteiger charge is -2.25. The van der Waals surface area contributed by atoms with Gasteiger partial charge in [-0.1, -0.05) is 0 Å². The molecule has 2 rings (SSSR count). The van der Waals surface area contributed by atoms with Crippen molar-refractivity contribution in [1.29, 1.82) is 0 Å². The predicted octanol–water partition coefficient (Wildman–Crippen LogP) is 2.53. The third-order valence-corrected chi connectivity index (χ3v) is 3.70. The highest BCUT2D eigenvalue weighted by molar-refractivity contribution is 5.98. The number of primary amides is 1. The van der Waals surface area contributed by atoms with Crippen LogP contribution in [0.3, 0.4) is 0 Å². The van der Waals surface area contributed by atoms with E-state index in [2.05, 4.69) is 5.73 Å². The molecular weight excluding hydrogens is 346 g/mol. The summed E-state index contributed by atoms with van der Waals surface area (Å²) in [7, 11) is 0. The van der Waals surface area contributed by atoms with Crippen molar-refractivity contribution in [3.05, 3.63) is 34.9 Å². The highest BCUT2D eigenvalue weighted by Crippen LogP contribution is 2.29. The molecule has 0 fully saturated rings. The zero-order valence-corrected chi connectivity index (χ0v) is 15.3. The van der Waals surface area contributed by atoms with Gasteiger partial charge in [0.15, 0.2) is 0 Å². The first-order valence-corrected chi connectivity index (χ1v) is 8.16. The Kier molecular flexibility index (Phi) is 7.23. The molecule has 6 nitrogen and oxygen atoms in total. The number of carbonyl (C=O) groups is 3. The molecule has 0 spiro atoms. The van der Waals surface area contributed by atoms with Crippen LogP contribution in [0.25, 0.3) is 0 Å². The monoisotopic (exact) mass is 370 g/mol. The summed E-state index contributed by atoms with van der Waals surface area (Å²) in [6, 6.07) is 1.56. The minimum atomic E-state index is -0.766. The summed E-state index contributed by atoms with van der Waals surface area (Å²) in [6.07, 6.45) is 0.814. The minimum Gasteiger partial charge on any atom is -0.460 e. The van der Waals surface area contributed by atoms with Gasteiger partial charge in [0.2, 0.25) is 6.41 Å². The number of esters is 1. The summed E-state index contributed by atoms with van der Waals surface area (Å²) in [5, 5.41) is 0. The van der Waals surface area contributed by atoms with Crippen LogP contribution in [0.2, 0.25) is 0 Å². The summed E-state index contributed by atoms with van der Waals surface area (Å²) in [4.78, 5) is 34.1. The Morgan fingerprint density at radius 2 is 1.96 bits per heavy atom. The lowest BCUT2D eigenvalue weighted by molar-refractivity contribution is -0.155. The third-order valence-electron chi connectivity index (χ3n) is 3.70. The van der Waals surface area contributed by atoms with Crippen molar-refractivity contribution >= 4 is 18.3 Å². The molecule has 2 N–H and O–H groups in total. The summed E-state index contributed by atoms with van der Waals surface area (Å²) >= 11 is 0. The van der Waals surface area contributed by atoms with Gasteiger partial charge in [-0.05, 0) is 40.2 Å². The molecule has 1 aromatic rings. The van der Waals surface area contributed by atoms with Gasteiger partial charge in [0.1, 0.15) is 17.2 Å². The van der Waals surface area contributed by atoms with E-state index in [0.717, 1.165) is 12.1 Å². The van der Waals surface area contributed by atoms with Gasteiger partial charge >= 0.3 is 5.97 Å². The molecule has 0 radical (unpaired) electrons. The fraction of sp³-hybridized carbons (Fsp3) is 0.500. The predicted molar refractivity (Wildman–Crippen MR) is 91.0 cm³/mol. The molecule has 0 saturated carbocycles. The van der Waals surface area contributed by atoms with Crippen LogP contribution in [-0.2, 0) is 20.9 Å². The van der Waals surface area contributed by atoms with Crippen LogP contribution in [0.15, 0.2) is 12.1 Å². The Hall–Kier alpha value is -2.51. The molecular formula is C18H24F2N2O4.